The van der Waals surface area contributed by atoms with Gasteiger partial charge in [0.1, 0.15) is 36.6 Å². The van der Waals surface area contributed by atoms with Gasteiger partial charge >= 0.3 is 23.9 Å². The minimum absolute atomic E-state index is 0.0977. The number of ketones is 1. The summed E-state index contributed by atoms with van der Waals surface area (Å²) >= 11 is 0. The van der Waals surface area contributed by atoms with Crippen LogP contribution in [0, 0.1) is 28.1 Å². The lowest BCUT2D eigenvalue weighted by Crippen LogP contribution is -2.82. The van der Waals surface area contributed by atoms with E-state index in [1.165, 1.54) is 31.2 Å². The van der Waals surface area contributed by atoms with Gasteiger partial charge in [-0.2, -0.15) is 0 Å². The second-order valence-electron chi connectivity index (χ2n) is 14.6. The number of aliphatic hydroxyl groups excluding tert-OH is 2. The van der Waals surface area contributed by atoms with Crippen molar-refractivity contribution in [2.24, 2.45) is 28.1 Å². The minimum Gasteiger partial charge on any atom is -0.459 e. The van der Waals surface area contributed by atoms with Gasteiger partial charge in [0.15, 0.2) is 11.4 Å². The molecule has 3 N–H and O–H groups in total. The fourth-order valence-corrected chi connectivity index (χ4v) is 8.97. The molecule has 0 aromatic heterocycles. The Bertz CT molecular complexity index is 1670. The lowest BCUT2D eigenvalue weighted by atomic mass is 9.38. The predicted octanol–water partition coefficient (Wildman–Crippen LogP) is 3.21. The summed E-state index contributed by atoms with van der Waals surface area (Å²) in [5, 5.41) is 37.2. The zero-order valence-corrected chi connectivity index (χ0v) is 28.9. The fourth-order valence-electron chi connectivity index (χ4n) is 8.97. The van der Waals surface area contributed by atoms with E-state index >= 15 is 0 Å². The van der Waals surface area contributed by atoms with Gasteiger partial charge in [0.05, 0.1) is 16.5 Å². The van der Waals surface area contributed by atoms with Crippen LogP contribution in [0.1, 0.15) is 68.7 Å². The van der Waals surface area contributed by atoms with Crippen molar-refractivity contribution >= 4 is 29.7 Å². The number of ether oxygens (including phenoxy) is 4. The first-order valence-corrected chi connectivity index (χ1v) is 16.5. The third kappa shape index (κ3) is 5.63. The Morgan fingerprint density at radius 1 is 0.780 bits per heavy atom. The summed E-state index contributed by atoms with van der Waals surface area (Å²) in [6.07, 6.45) is -8.93. The summed E-state index contributed by atoms with van der Waals surface area (Å²) in [4.78, 5) is 67.3. The number of aliphatic hydroxyl groups is 3. The molecule has 2 aromatic carbocycles. The van der Waals surface area contributed by atoms with Crippen molar-refractivity contribution in [1.82, 2.24) is 0 Å². The topological polar surface area (TPSA) is 183 Å². The molecule has 50 heavy (non-hydrogen) atoms. The summed E-state index contributed by atoms with van der Waals surface area (Å²) in [6, 6.07) is 15.7. The molecule has 0 heterocycles. The minimum atomic E-state index is -2.69. The molecular weight excluding hydrogens is 648 g/mol. The molecule has 12 nitrogen and oxygen atoms in total. The smallest absolute Gasteiger partial charge is 0.338 e. The number of esters is 4. The zero-order valence-electron chi connectivity index (χ0n) is 28.9. The number of benzene rings is 2. The van der Waals surface area contributed by atoms with Crippen molar-refractivity contribution in [1.29, 1.82) is 0 Å². The van der Waals surface area contributed by atoms with E-state index in [1.54, 1.807) is 57.2 Å². The largest absolute Gasteiger partial charge is 0.459 e. The van der Waals surface area contributed by atoms with Crippen molar-refractivity contribution in [2.45, 2.75) is 90.2 Å². The van der Waals surface area contributed by atoms with Gasteiger partial charge in [-0.25, -0.2) is 9.59 Å². The van der Waals surface area contributed by atoms with E-state index in [2.05, 4.69) is 6.58 Å². The number of Topliss-reactive ketones (excluding diaryl/α,β-unsaturated/α-hetero) is 1. The van der Waals surface area contributed by atoms with Gasteiger partial charge in [-0.1, -0.05) is 63.2 Å². The second-order valence-corrected chi connectivity index (χ2v) is 14.6. The van der Waals surface area contributed by atoms with E-state index in [0.29, 0.717) is 0 Å². The molecule has 12 heteroatoms. The monoisotopic (exact) mass is 692 g/mol. The highest BCUT2D eigenvalue weighted by Crippen LogP contribution is 2.67. The van der Waals surface area contributed by atoms with E-state index in [1.807, 2.05) is 0 Å². The van der Waals surface area contributed by atoms with Crippen LogP contribution in [-0.4, -0.2) is 87.2 Å². The Morgan fingerprint density at radius 3 is 1.76 bits per heavy atom. The zero-order chi connectivity index (χ0) is 37.0. The average molecular weight is 693 g/mol. The summed E-state index contributed by atoms with van der Waals surface area (Å²) in [5.74, 6) is -6.89. The molecule has 3 aliphatic rings. The van der Waals surface area contributed by atoms with E-state index in [4.69, 9.17) is 18.9 Å². The molecule has 5 rings (SSSR count). The van der Waals surface area contributed by atoms with E-state index in [9.17, 15) is 39.3 Å². The maximum Gasteiger partial charge on any atom is 0.338 e. The molecule has 0 amide bonds. The summed E-state index contributed by atoms with van der Waals surface area (Å²) in [7, 11) is 0. The van der Waals surface area contributed by atoms with Gasteiger partial charge in [-0.15, -0.1) is 6.58 Å². The molecule has 0 spiro atoms. The Hall–Kier alpha value is -4.39. The molecule has 0 bridgehead atoms. The Balaban J connectivity index is 1.80. The highest BCUT2D eigenvalue weighted by atomic mass is 16.6. The third-order valence-corrected chi connectivity index (χ3v) is 11.3. The van der Waals surface area contributed by atoms with Crippen LogP contribution in [0.2, 0.25) is 0 Å². The molecule has 0 saturated heterocycles. The maximum absolute atomic E-state index is 14.7. The average Bonchev–Trinajstić information content (AvgIpc) is 3.08. The summed E-state index contributed by atoms with van der Waals surface area (Å²) in [6.45, 7) is 12.3. The van der Waals surface area contributed by atoms with Crippen molar-refractivity contribution in [3.05, 3.63) is 84.4 Å². The molecule has 0 unspecified atom stereocenters. The number of fused-ring (bicyclic) bond motifs is 3. The quantitative estimate of drug-likeness (QED) is 0.219. The number of carbonyl (C=O) groups is 5. The molecule has 3 aliphatic carbocycles. The van der Waals surface area contributed by atoms with Gasteiger partial charge < -0.3 is 34.3 Å². The normalized spacial score (nSPS) is 37.3. The van der Waals surface area contributed by atoms with Crippen molar-refractivity contribution in [3.63, 3.8) is 0 Å². The number of rotatable bonds is 7. The van der Waals surface area contributed by atoms with Crippen LogP contribution in [0.25, 0.3) is 0 Å². The number of carbonyl (C=O) groups excluding carboxylic acids is 5. The van der Waals surface area contributed by atoms with Crippen LogP contribution in [-0.2, 0) is 33.3 Å². The van der Waals surface area contributed by atoms with Gasteiger partial charge in [-0.05, 0) is 43.5 Å². The van der Waals surface area contributed by atoms with Crippen LogP contribution < -0.4 is 0 Å². The van der Waals surface area contributed by atoms with Crippen molar-refractivity contribution in [2.75, 3.05) is 0 Å². The lowest BCUT2D eigenvalue weighted by molar-refractivity contribution is -0.321. The summed E-state index contributed by atoms with van der Waals surface area (Å²) in [5.41, 5.74) is -7.38. The van der Waals surface area contributed by atoms with E-state index < -0.39 is 100.0 Å². The first kappa shape index (κ1) is 36.9. The SMILES string of the molecule is C=C[C@]1(C)C(=O)[C@]2(O)[C@H](OC(C)=O)C[C@H]3C(C)(C)[C@H](OC(C)=O)[C@@H](O)[C@H](OC(=O)c4ccccc4)[C@]3(C)[C@H]2[C@H](OC(=O)c2ccccc2)[C@H]1O. The van der Waals surface area contributed by atoms with Gasteiger partial charge in [0.25, 0.3) is 0 Å². The molecule has 268 valence electrons. The second kappa shape index (κ2) is 13.1. The molecular formula is C38H44O12. The predicted molar refractivity (Wildman–Crippen MR) is 176 cm³/mol. The highest BCUT2D eigenvalue weighted by Gasteiger charge is 2.80. The Morgan fingerprint density at radius 2 is 1.28 bits per heavy atom. The van der Waals surface area contributed by atoms with Gasteiger partial charge in [0.2, 0.25) is 0 Å². The highest BCUT2D eigenvalue weighted by molar-refractivity contribution is 5.97. The van der Waals surface area contributed by atoms with Crippen molar-refractivity contribution < 1.29 is 58.2 Å². The lowest BCUT2D eigenvalue weighted by Gasteiger charge is -2.69. The van der Waals surface area contributed by atoms with Gasteiger partial charge in [0, 0.05) is 30.6 Å². The van der Waals surface area contributed by atoms with Gasteiger partial charge in [-0.3, -0.25) is 14.4 Å². The number of hydrogen-bond donors (Lipinski definition) is 3. The Kier molecular flexibility index (Phi) is 9.63. The molecule has 0 radical (unpaired) electrons. The first-order chi connectivity index (χ1) is 23.4. The van der Waals surface area contributed by atoms with Crippen LogP contribution in [0.4, 0.5) is 0 Å². The molecule has 3 fully saturated rings. The standard InChI is InChI=1S/C38H44O12/c1-8-36(6)29(42)27(49-32(43)22-15-11-9-12-16-22)28-37(7)24(19-25(47-20(2)39)38(28,46)34(36)45)35(4,5)30(48-21(3)40)26(41)31(37)50-33(44)23-17-13-10-14-18-23/h8-18,24-31,41-42,46H,1,19H2,2-7H3/t24-,25+,26+,27-,28+,29+,30+,31-,36-,37-,38-/m0/s1. The molecule has 2 aromatic rings. The van der Waals surface area contributed by atoms with Crippen molar-refractivity contribution in [3.8, 4) is 0 Å². The summed E-state index contributed by atoms with van der Waals surface area (Å²) < 4.78 is 23.6. The van der Waals surface area contributed by atoms with Crippen LogP contribution in [0.15, 0.2) is 73.3 Å². The van der Waals surface area contributed by atoms with Crippen LogP contribution >= 0.6 is 0 Å². The fraction of sp³-hybridized carbons (Fsp3) is 0.500. The molecule has 11 atom stereocenters. The maximum atomic E-state index is 14.7. The van der Waals surface area contributed by atoms with E-state index in [-0.39, 0.29) is 17.5 Å². The molecule has 0 aliphatic heterocycles. The van der Waals surface area contributed by atoms with Crippen LogP contribution in [0.3, 0.4) is 0 Å². The Labute approximate surface area is 290 Å². The third-order valence-electron chi connectivity index (χ3n) is 11.3. The van der Waals surface area contributed by atoms with Crippen LogP contribution in [0.5, 0.6) is 0 Å². The first-order valence-electron chi connectivity index (χ1n) is 16.5. The molecule has 3 saturated carbocycles. The number of hydrogen-bond acceptors (Lipinski definition) is 12. The van der Waals surface area contributed by atoms with E-state index in [0.717, 1.165) is 19.9 Å².